The lowest BCUT2D eigenvalue weighted by Crippen LogP contribution is -2.44. The van der Waals surface area contributed by atoms with E-state index in [4.69, 9.17) is 4.52 Å². The van der Waals surface area contributed by atoms with Gasteiger partial charge in [-0.05, 0) is 44.3 Å². The zero-order chi connectivity index (χ0) is 13.8. The highest BCUT2D eigenvalue weighted by Crippen LogP contribution is 2.21. The molecular weight excluding hydrogens is 272 g/mol. The van der Waals surface area contributed by atoms with E-state index in [0.717, 1.165) is 43.2 Å². The SMILES string of the molecule is CC1(NCCCc2nc(-c3cccs3)no2)CCNC1. The van der Waals surface area contributed by atoms with Crippen molar-refractivity contribution in [3.8, 4) is 10.7 Å². The molecule has 3 heterocycles. The predicted molar refractivity (Wildman–Crippen MR) is 79.8 cm³/mol. The average molecular weight is 292 g/mol. The Balaban J connectivity index is 1.45. The van der Waals surface area contributed by atoms with Crippen molar-refractivity contribution in [1.29, 1.82) is 0 Å². The highest BCUT2D eigenvalue weighted by molar-refractivity contribution is 7.13. The number of nitrogens with one attached hydrogen (secondary N) is 2. The van der Waals surface area contributed by atoms with Gasteiger partial charge in [-0.15, -0.1) is 11.3 Å². The number of hydrogen-bond donors (Lipinski definition) is 2. The Labute approximate surface area is 122 Å². The monoisotopic (exact) mass is 292 g/mol. The van der Waals surface area contributed by atoms with Gasteiger partial charge in [0.05, 0.1) is 4.88 Å². The second kappa shape index (κ2) is 6.03. The molecule has 0 spiro atoms. The van der Waals surface area contributed by atoms with Gasteiger partial charge in [0.25, 0.3) is 0 Å². The van der Waals surface area contributed by atoms with Crippen LogP contribution in [0.2, 0.25) is 0 Å². The van der Waals surface area contributed by atoms with E-state index in [0.29, 0.717) is 5.82 Å². The molecule has 2 N–H and O–H groups in total. The molecule has 6 heteroatoms. The molecule has 1 aliphatic rings. The molecule has 3 rings (SSSR count). The third kappa shape index (κ3) is 3.26. The van der Waals surface area contributed by atoms with Crippen LogP contribution in [0.1, 0.15) is 25.7 Å². The number of aromatic nitrogens is 2. The third-order valence-electron chi connectivity index (χ3n) is 3.70. The highest BCUT2D eigenvalue weighted by atomic mass is 32.1. The highest BCUT2D eigenvalue weighted by Gasteiger charge is 2.27. The largest absolute Gasteiger partial charge is 0.339 e. The number of hydrogen-bond acceptors (Lipinski definition) is 6. The standard InChI is InChI=1S/C14H20N4OS/c1-14(6-8-15-10-14)16-7-2-5-12-17-13(18-19-12)11-4-3-9-20-11/h3-4,9,15-16H,2,5-8,10H2,1H3. The van der Waals surface area contributed by atoms with Gasteiger partial charge in [0.1, 0.15) is 0 Å². The first kappa shape index (κ1) is 13.7. The van der Waals surface area contributed by atoms with E-state index in [1.54, 1.807) is 11.3 Å². The van der Waals surface area contributed by atoms with E-state index in [1.807, 2.05) is 17.5 Å². The van der Waals surface area contributed by atoms with Gasteiger partial charge in [-0.25, -0.2) is 0 Å². The average Bonchev–Trinajstić information content (AvgIpc) is 3.16. The van der Waals surface area contributed by atoms with Crippen molar-refractivity contribution in [3.63, 3.8) is 0 Å². The summed E-state index contributed by atoms with van der Waals surface area (Å²) in [6.07, 6.45) is 3.03. The molecule has 0 aliphatic carbocycles. The second-order valence-electron chi connectivity index (χ2n) is 5.51. The summed E-state index contributed by atoms with van der Waals surface area (Å²) < 4.78 is 5.29. The first-order valence-corrected chi connectivity index (χ1v) is 7.95. The molecule has 1 saturated heterocycles. The van der Waals surface area contributed by atoms with E-state index in [1.165, 1.54) is 6.42 Å². The summed E-state index contributed by atoms with van der Waals surface area (Å²) in [4.78, 5) is 5.49. The van der Waals surface area contributed by atoms with Crippen LogP contribution < -0.4 is 10.6 Å². The Morgan fingerprint density at radius 1 is 1.55 bits per heavy atom. The maximum atomic E-state index is 5.29. The minimum atomic E-state index is 0.247. The first-order valence-electron chi connectivity index (χ1n) is 7.07. The quantitative estimate of drug-likeness (QED) is 0.798. The minimum Gasteiger partial charge on any atom is -0.339 e. The van der Waals surface area contributed by atoms with Crippen LogP contribution >= 0.6 is 11.3 Å². The van der Waals surface area contributed by atoms with Crippen molar-refractivity contribution < 1.29 is 4.52 Å². The number of nitrogens with zero attached hydrogens (tertiary/aromatic N) is 2. The number of thiophene rings is 1. The Kier molecular flexibility index (Phi) is 4.14. The van der Waals surface area contributed by atoms with Crippen molar-refractivity contribution in [2.24, 2.45) is 0 Å². The van der Waals surface area contributed by atoms with Crippen LogP contribution in [-0.2, 0) is 6.42 Å². The number of aryl methyl sites for hydroxylation is 1. The maximum absolute atomic E-state index is 5.29. The van der Waals surface area contributed by atoms with Gasteiger partial charge >= 0.3 is 0 Å². The smallest absolute Gasteiger partial charge is 0.227 e. The molecule has 0 radical (unpaired) electrons. The normalized spacial score (nSPS) is 22.4. The number of rotatable bonds is 6. The Morgan fingerprint density at radius 3 is 3.25 bits per heavy atom. The fraction of sp³-hybridized carbons (Fsp3) is 0.571. The van der Waals surface area contributed by atoms with Crippen LogP contribution in [0.25, 0.3) is 10.7 Å². The van der Waals surface area contributed by atoms with Gasteiger partial charge in [0, 0.05) is 18.5 Å². The maximum Gasteiger partial charge on any atom is 0.227 e. The molecule has 1 aliphatic heterocycles. The summed E-state index contributed by atoms with van der Waals surface area (Å²) in [5, 5.41) is 13.0. The van der Waals surface area contributed by atoms with Crippen LogP contribution in [0.4, 0.5) is 0 Å². The fourth-order valence-electron chi connectivity index (χ4n) is 2.46. The molecule has 1 fully saturated rings. The summed E-state index contributed by atoms with van der Waals surface area (Å²) in [5.41, 5.74) is 0.247. The molecule has 20 heavy (non-hydrogen) atoms. The summed E-state index contributed by atoms with van der Waals surface area (Å²) in [6.45, 7) is 5.41. The van der Waals surface area contributed by atoms with E-state index < -0.39 is 0 Å². The van der Waals surface area contributed by atoms with Crippen molar-refractivity contribution in [1.82, 2.24) is 20.8 Å². The summed E-state index contributed by atoms with van der Waals surface area (Å²) >= 11 is 1.63. The summed E-state index contributed by atoms with van der Waals surface area (Å²) in [6, 6.07) is 4.01. The minimum absolute atomic E-state index is 0.247. The van der Waals surface area contributed by atoms with Gasteiger partial charge in [-0.3, -0.25) is 0 Å². The molecular formula is C14H20N4OS. The summed E-state index contributed by atoms with van der Waals surface area (Å²) in [7, 11) is 0. The van der Waals surface area contributed by atoms with E-state index in [9.17, 15) is 0 Å². The van der Waals surface area contributed by atoms with Crippen LogP contribution in [0.15, 0.2) is 22.0 Å². The van der Waals surface area contributed by atoms with Crippen molar-refractivity contribution >= 4 is 11.3 Å². The molecule has 2 aromatic rings. The van der Waals surface area contributed by atoms with E-state index >= 15 is 0 Å². The van der Waals surface area contributed by atoms with Gasteiger partial charge in [0.2, 0.25) is 11.7 Å². The van der Waals surface area contributed by atoms with E-state index in [2.05, 4.69) is 27.7 Å². The van der Waals surface area contributed by atoms with Gasteiger partial charge in [-0.2, -0.15) is 4.98 Å². The van der Waals surface area contributed by atoms with Crippen molar-refractivity contribution in [2.45, 2.75) is 31.7 Å². The predicted octanol–water partition coefficient (Wildman–Crippen LogP) is 2.07. The lowest BCUT2D eigenvalue weighted by Gasteiger charge is -2.24. The Hall–Kier alpha value is -1.24. The van der Waals surface area contributed by atoms with Crippen LogP contribution in [-0.4, -0.2) is 35.3 Å². The second-order valence-corrected chi connectivity index (χ2v) is 6.45. The molecule has 108 valence electrons. The fourth-order valence-corrected chi connectivity index (χ4v) is 3.11. The van der Waals surface area contributed by atoms with Crippen LogP contribution in [0, 0.1) is 0 Å². The van der Waals surface area contributed by atoms with Crippen molar-refractivity contribution in [2.75, 3.05) is 19.6 Å². The van der Waals surface area contributed by atoms with Gasteiger partial charge in [-0.1, -0.05) is 11.2 Å². The molecule has 0 bridgehead atoms. The molecule has 1 unspecified atom stereocenters. The first-order chi connectivity index (χ1) is 9.75. The molecule has 0 amide bonds. The Morgan fingerprint density at radius 2 is 2.50 bits per heavy atom. The van der Waals surface area contributed by atoms with Crippen LogP contribution in [0.5, 0.6) is 0 Å². The lowest BCUT2D eigenvalue weighted by atomic mass is 10.0. The topological polar surface area (TPSA) is 63.0 Å². The third-order valence-corrected chi connectivity index (χ3v) is 4.56. The molecule has 0 aromatic carbocycles. The zero-order valence-electron chi connectivity index (χ0n) is 11.7. The lowest BCUT2D eigenvalue weighted by molar-refractivity contribution is 0.358. The molecule has 5 nitrogen and oxygen atoms in total. The molecule has 2 aromatic heterocycles. The van der Waals surface area contributed by atoms with Gasteiger partial charge < -0.3 is 15.2 Å². The van der Waals surface area contributed by atoms with Gasteiger partial charge in [0.15, 0.2) is 0 Å². The Bertz CT molecular complexity index is 531. The van der Waals surface area contributed by atoms with Crippen LogP contribution in [0.3, 0.4) is 0 Å². The summed E-state index contributed by atoms with van der Waals surface area (Å²) in [5.74, 6) is 1.43. The van der Waals surface area contributed by atoms with E-state index in [-0.39, 0.29) is 5.54 Å². The van der Waals surface area contributed by atoms with Crippen molar-refractivity contribution in [3.05, 3.63) is 23.4 Å². The zero-order valence-corrected chi connectivity index (χ0v) is 12.5. The molecule has 0 saturated carbocycles. The molecule has 1 atom stereocenters.